The zero-order chi connectivity index (χ0) is 14.5. The van der Waals surface area contributed by atoms with E-state index in [-0.39, 0.29) is 0 Å². The molecule has 4 aliphatic rings. The number of piperidine rings is 1. The van der Waals surface area contributed by atoms with E-state index in [0.29, 0.717) is 23.4 Å². The maximum absolute atomic E-state index is 6.07. The zero-order valence-electron chi connectivity index (χ0n) is 12.4. The van der Waals surface area contributed by atoms with Gasteiger partial charge < -0.3 is 16.0 Å². The Hall–Kier alpha value is -1.40. The molecule has 3 atom stereocenters. The number of nitrogens with one attached hydrogen (secondary N) is 1. The van der Waals surface area contributed by atoms with Crippen molar-refractivity contribution in [3.05, 3.63) is 10.4 Å². The van der Waals surface area contributed by atoms with E-state index >= 15 is 0 Å². The first-order valence-corrected chi connectivity index (χ1v) is 9.16. The molecule has 1 spiro atoms. The lowest BCUT2D eigenvalue weighted by atomic mass is 9.90. The average Bonchev–Trinajstić information content (AvgIpc) is 3.12. The first-order valence-electron chi connectivity index (χ1n) is 8.34. The van der Waals surface area contributed by atoms with Crippen LogP contribution >= 0.6 is 11.3 Å². The predicted molar refractivity (Wildman–Crippen MR) is 88.4 cm³/mol. The summed E-state index contributed by atoms with van der Waals surface area (Å²) in [7, 11) is 0. The Labute approximate surface area is 132 Å². The number of nitrogen functional groups attached to an aromatic ring is 1. The first kappa shape index (κ1) is 12.1. The minimum atomic E-state index is 0.440. The summed E-state index contributed by atoms with van der Waals surface area (Å²) in [5, 5.41) is 3.59. The van der Waals surface area contributed by atoms with E-state index in [4.69, 9.17) is 5.73 Å². The highest BCUT2D eigenvalue weighted by Crippen LogP contribution is 2.62. The number of aryl methyl sites for hydroxylation is 2. The summed E-state index contributed by atoms with van der Waals surface area (Å²) in [6, 6.07) is 1.34. The van der Waals surface area contributed by atoms with E-state index in [2.05, 4.69) is 20.2 Å². The van der Waals surface area contributed by atoms with Crippen LogP contribution in [0.3, 0.4) is 0 Å². The van der Waals surface area contributed by atoms with Gasteiger partial charge in [-0.15, -0.1) is 11.3 Å². The van der Waals surface area contributed by atoms with Gasteiger partial charge in [-0.25, -0.2) is 4.98 Å². The fraction of sp³-hybridized carbons (Fsp3) is 0.625. The number of rotatable bonds is 1. The molecule has 2 aromatic heterocycles. The molecule has 0 amide bonds. The van der Waals surface area contributed by atoms with E-state index in [1.807, 2.05) is 11.3 Å². The normalized spacial score (nSPS) is 35.0. The first-order chi connectivity index (χ1) is 10.8. The van der Waals surface area contributed by atoms with Crippen LogP contribution in [-0.2, 0) is 12.8 Å². The third-order valence-corrected chi connectivity index (χ3v) is 7.55. The van der Waals surface area contributed by atoms with E-state index < -0.39 is 0 Å². The van der Waals surface area contributed by atoms with Crippen LogP contribution in [-0.4, -0.2) is 35.1 Å². The molecule has 0 bridgehead atoms. The molecule has 2 aliphatic carbocycles. The van der Waals surface area contributed by atoms with Crippen molar-refractivity contribution in [3.63, 3.8) is 0 Å². The number of aromatic nitrogens is 2. The lowest BCUT2D eigenvalue weighted by Gasteiger charge is -2.34. The van der Waals surface area contributed by atoms with Crippen LogP contribution in [0.25, 0.3) is 10.2 Å². The van der Waals surface area contributed by atoms with Crippen LogP contribution in [0.4, 0.5) is 11.8 Å². The molecule has 4 heterocycles. The summed E-state index contributed by atoms with van der Waals surface area (Å²) >= 11 is 1.92. The van der Waals surface area contributed by atoms with Gasteiger partial charge in [0.05, 0.1) is 10.2 Å². The van der Waals surface area contributed by atoms with E-state index in [9.17, 15) is 0 Å². The molecular formula is C16H19N5S. The van der Waals surface area contributed by atoms with E-state index in [0.717, 1.165) is 24.3 Å². The maximum atomic E-state index is 6.07. The van der Waals surface area contributed by atoms with Crippen LogP contribution in [0.15, 0.2) is 0 Å². The monoisotopic (exact) mass is 313 g/mol. The lowest BCUT2D eigenvalue weighted by Crippen LogP contribution is -2.55. The molecule has 3 fully saturated rings. The quantitative estimate of drug-likeness (QED) is 0.839. The zero-order valence-corrected chi connectivity index (χ0v) is 13.2. The Bertz CT molecular complexity index is 814. The van der Waals surface area contributed by atoms with Gasteiger partial charge in [-0.05, 0) is 37.7 Å². The number of hydrogen-bond donors (Lipinski definition) is 2. The van der Waals surface area contributed by atoms with E-state index in [1.54, 1.807) is 0 Å². The Balaban J connectivity index is 1.55. The number of hydrogen-bond acceptors (Lipinski definition) is 6. The largest absolute Gasteiger partial charge is 0.368 e. The second-order valence-corrected chi connectivity index (χ2v) is 8.44. The fourth-order valence-electron chi connectivity index (χ4n) is 4.91. The summed E-state index contributed by atoms with van der Waals surface area (Å²) in [5.41, 5.74) is 9.22. The van der Waals surface area contributed by atoms with Crippen LogP contribution in [0, 0.1) is 5.41 Å². The van der Waals surface area contributed by atoms with Gasteiger partial charge in [0.2, 0.25) is 5.95 Å². The SMILES string of the molecule is Nc1nc(N2C[C@H]3NC[C@@]34CC24)c2sc3c(c2n1)CCCC3. The van der Waals surface area contributed by atoms with Crippen molar-refractivity contribution in [2.75, 3.05) is 23.7 Å². The second-order valence-electron chi connectivity index (χ2n) is 7.33. The smallest absolute Gasteiger partial charge is 0.222 e. The minimum absolute atomic E-state index is 0.440. The summed E-state index contributed by atoms with van der Waals surface area (Å²) in [6.07, 6.45) is 6.26. The lowest BCUT2D eigenvalue weighted by molar-refractivity contribution is 0.239. The van der Waals surface area contributed by atoms with Crippen molar-refractivity contribution in [1.29, 1.82) is 0 Å². The topological polar surface area (TPSA) is 67.1 Å². The summed E-state index contributed by atoms with van der Waals surface area (Å²) in [4.78, 5) is 13.3. The van der Waals surface area contributed by atoms with Crippen LogP contribution in [0.5, 0.6) is 0 Å². The Kier molecular flexibility index (Phi) is 2.05. The second kappa shape index (κ2) is 3.74. The van der Waals surface area contributed by atoms with Crippen molar-refractivity contribution >= 4 is 33.3 Å². The van der Waals surface area contributed by atoms with Gasteiger partial charge in [0.25, 0.3) is 0 Å². The summed E-state index contributed by atoms with van der Waals surface area (Å²) in [5.74, 6) is 1.55. The molecule has 0 aromatic carbocycles. The molecule has 1 saturated carbocycles. The third kappa shape index (κ3) is 1.30. The Morgan fingerprint density at radius 2 is 2.18 bits per heavy atom. The van der Waals surface area contributed by atoms with Gasteiger partial charge >= 0.3 is 0 Å². The molecule has 5 nitrogen and oxygen atoms in total. The van der Waals surface area contributed by atoms with E-state index in [1.165, 1.54) is 47.4 Å². The fourth-order valence-corrected chi connectivity index (χ4v) is 6.25. The molecule has 0 radical (unpaired) electrons. The number of nitrogens with two attached hydrogens (primary N) is 1. The molecule has 22 heavy (non-hydrogen) atoms. The highest BCUT2D eigenvalue weighted by Gasteiger charge is 2.71. The van der Waals surface area contributed by atoms with Crippen molar-refractivity contribution < 1.29 is 0 Å². The molecule has 6 heteroatoms. The van der Waals surface area contributed by atoms with Gasteiger partial charge in [0, 0.05) is 35.5 Å². The summed E-state index contributed by atoms with van der Waals surface area (Å²) < 4.78 is 1.28. The molecule has 114 valence electrons. The van der Waals surface area contributed by atoms with Gasteiger partial charge in [0.1, 0.15) is 0 Å². The molecule has 3 N–H and O–H groups in total. The molecule has 2 saturated heterocycles. The molecule has 6 rings (SSSR count). The van der Waals surface area contributed by atoms with Gasteiger partial charge in [-0.1, -0.05) is 0 Å². The number of anilines is 2. The Morgan fingerprint density at radius 1 is 1.27 bits per heavy atom. The number of fused-ring (bicyclic) bond motifs is 3. The highest BCUT2D eigenvalue weighted by atomic mass is 32.1. The van der Waals surface area contributed by atoms with Crippen LogP contribution in [0.1, 0.15) is 29.7 Å². The van der Waals surface area contributed by atoms with Crippen molar-refractivity contribution in [2.45, 2.75) is 44.2 Å². The highest BCUT2D eigenvalue weighted by molar-refractivity contribution is 7.19. The Morgan fingerprint density at radius 3 is 2.91 bits per heavy atom. The minimum Gasteiger partial charge on any atom is -0.368 e. The average molecular weight is 313 g/mol. The van der Waals surface area contributed by atoms with Crippen molar-refractivity contribution in [1.82, 2.24) is 15.3 Å². The van der Waals surface area contributed by atoms with Crippen LogP contribution < -0.4 is 16.0 Å². The van der Waals surface area contributed by atoms with Crippen LogP contribution in [0.2, 0.25) is 0 Å². The number of nitrogens with zero attached hydrogens (tertiary/aromatic N) is 3. The van der Waals surface area contributed by atoms with Gasteiger partial charge in [-0.2, -0.15) is 4.98 Å². The molecule has 2 aromatic rings. The van der Waals surface area contributed by atoms with Crippen molar-refractivity contribution in [2.24, 2.45) is 5.41 Å². The molecular weight excluding hydrogens is 294 g/mol. The predicted octanol–water partition coefficient (Wildman–Crippen LogP) is 1.70. The van der Waals surface area contributed by atoms with Gasteiger partial charge in [-0.3, -0.25) is 0 Å². The standard InChI is InChI=1S/C16H19N5S/c17-15-19-12-8-3-1-2-4-9(8)22-13(12)14(20-15)21-6-10-16(7-18-10)5-11(16)21/h10-11,18H,1-7H2,(H2,17,19,20)/t10-,11?,16+/m1/s1. The maximum Gasteiger partial charge on any atom is 0.222 e. The third-order valence-electron chi connectivity index (χ3n) is 6.27. The van der Waals surface area contributed by atoms with Gasteiger partial charge in [0.15, 0.2) is 5.82 Å². The van der Waals surface area contributed by atoms with Crippen molar-refractivity contribution in [3.8, 4) is 0 Å². The molecule has 1 unspecified atom stereocenters. The number of thiophene rings is 1. The molecule has 2 aliphatic heterocycles. The summed E-state index contributed by atoms with van der Waals surface area (Å²) in [6.45, 7) is 2.27.